The Hall–Kier alpha value is -0.570. The molecule has 2 nitrogen and oxygen atoms in total. The fourth-order valence-electron chi connectivity index (χ4n) is 2.98. The number of benzene rings is 1. The molecule has 0 amide bonds. The third-order valence-corrected chi connectivity index (χ3v) is 4.40. The normalized spacial score (nSPS) is 29.8. The van der Waals surface area contributed by atoms with E-state index >= 15 is 0 Å². The Morgan fingerprint density at radius 2 is 1.94 bits per heavy atom. The van der Waals surface area contributed by atoms with Crippen LogP contribution in [0.25, 0.3) is 0 Å². The van der Waals surface area contributed by atoms with Crippen molar-refractivity contribution in [1.29, 1.82) is 0 Å². The minimum atomic E-state index is -0.717. The molecule has 1 aromatic rings. The molecule has 0 spiro atoms. The van der Waals surface area contributed by atoms with Gasteiger partial charge >= 0.3 is 0 Å². The van der Waals surface area contributed by atoms with Crippen LogP contribution in [-0.4, -0.2) is 30.1 Å². The molecule has 1 aliphatic rings. The Balaban J connectivity index is 2.34. The highest BCUT2D eigenvalue weighted by Gasteiger charge is 2.43. The van der Waals surface area contributed by atoms with Gasteiger partial charge < -0.3 is 10.0 Å². The highest BCUT2D eigenvalue weighted by atomic mass is 35.5. The van der Waals surface area contributed by atoms with Gasteiger partial charge in [-0.15, -0.1) is 0 Å². The van der Waals surface area contributed by atoms with Gasteiger partial charge in [0.1, 0.15) is 0 Å². The Morgan fingerprint density at radius 1 is 1.33 bits per heavy atom. The molecule has 1 N–H and O–H groups in total. The van der Waals surface area contributed by atoms with Gasteiger partial charge in [-0.2, -0.15) is 0 Å². The van der Waals surface area contributed by atoms with E-state index in [1.807, 2.05) is 24.3 Å². The first kappa shape index (κ1) is 13.9. The maximum atomic E-state index is 11.1. The maximum Gasteiger partial charge on any atom is 0.0951 e. The van der Waals surface area contributed by atoms with Crippen molar-refractivity contribution in [1.82, 2.24) is 4.90 Å². The molecule has 18 heavy (non-hydrogen) atoms. The minimum Gasteiger partial charge on any atom is -0.385 e. The lowest BCUT2D eigenvalue weighted by atomic mass is 9.71. The standard InChI is InChI=1S/C15H22ClNO/c1-11(2)14-10-17(3)9-8-15(14,18)12-4-6-13(16)7-5-12/h4-7,11,14,18H,8-10H2,1-3H3. The summed E-state index contributed by atoms with van der Waals surface area (Å²) in [6, 6.07) is 7.65. The molecule has 1 heterocycles. The van der Waals surface area contributed by atoms with Gasteiger partial charge in [-0.3, -0.25) is 0 Å². The zero-order valence-corrected chi connectivity index (χ0v) is 12.1. The lowest BCUT2D eigenvalue weighted by molar-refractivity contribution is -0.0899. The Labute approximate surface area is 115 Å². The molecular weight excluding hydrogens is 246 g/mol. The van der Waals surface area contributed by atoms with Crippen molar-refractivity contribution in [2.45, 2.75) is 25.9 Å². The number of likely N-dealkylation sites (tertiary alicyclic amines) is 1. The van der Waals surface area contributed by atoms with E-state index in [0.717, 1.165) is 30.1 Å². The van der Waals surface area contributed by atoms with Crippen molar-refractivity contribution in [3.63, 3.8) is 0 Å². The quantitative estimate of drug-likeness (QED) is 0.890. The fraction of sp³-hybridized carbons (Fsp3) is 0.600. The molecule has 2 atom stereocenters. The van der Waals surface area contributed by atoms with Gasteiger partial charge in [-0.25, -0.2) is 0 Å². The first-order valence-electron chi connectivity index (χ1n) is 6.60. The molecule has 0 bridgehead atoms. The summed E-state index contributed by atoms with van der Waals surface area (Å²) in [5.74, 6) is 0.714. The van der Waals surface area contributed by atoms with Gasteiger partial charge in [0.05, 0.1) is 5.60 Å². The van der Waals surface area contributed by atoms with Crippen LogP contribution in [0.4, 0.5) is 0 Å². The van der Waals surface area contributed by atoms with E-state index < -0.39 is 5.60 Å². The number of nitrogens with zero attached hydrogens (tertiary/aromatic N) is 1. The largest absolute Gasteiger partial charge is 0.385 e. The number of halogens is 1. The molecule has 100 valence electrons. The number of aliphatic hydroxyl groups is 1. The van der Waals surface area contributed by atoms with Gasteiger partial charge in [-0.05, 0) is 37.1 Å². The second-order valence-corrected chi connectivity index (χ2v) is 6.23. The van der Waals surface area contributed by atoms with Crippen LogP contribution in [0.1, 0.15) is 25.8 Å². The molecule has 0 radical (unpaired) electrons. The molecule has 1 saturated heterocycles. The number of hydrogen-bond acceptors (Lipinski definition) is 2. The van der Waals surface area contributed by atoms with E-state index in [-0.39, 0.29) is 5.92 Å². The summed E-state index contributed by atoms with van der Waals surface area (Å²) in [6.07, 6.45) is 0.786. The minimum absolute atomic E-state index is 0.262. The van der Waals surface area contributed by atoms with Crippen LogP contribution < -0.4 is 0 Å². The summed E-state index contributed by atoms with van der Waals surface area (Å²) in [6.45, 7) is 6.24. The van der Waals surface area contributed by atoms with Gasteiger partial charge in [-0.1, -0.05) is 37.6 Å². The third-order valence-electron chi connectivity index (χ3n) is 4.15. The summed E-state index contributed by atoms with van der Waals surface area (Å²) >= 11 is 5.93. The van der Waals surface area contributed by atoms with Gasteiger partial charge in [0.2, 0.25) is 0 Å². The molecular formula is C15H22ClNO. The smallest absolute Gasteiger partial charge is 0.0951 e. The Bertz CT molecular complexity index is 403. The Morgan fingerprint density at radius 3 is 2.50 bits per heavy atom. The monoisotopic (exact) mass is 267 g/mol. The molecule has 1 aromatic carbocycles. The predicted molar refractivity (Wildman–Crippen MR) is 75.8 cm³/mol. The summed E-state index contributed by atoms with van der Waals surface area (Å²) in [7, 11) is 2.12. The van der Waals surface area contributed by atoms with Gasteiger partial charge in [0, 0.05) is 24.0 Å². The number of hydrogen-bond donors (Lipinski definition) is 1. The number of rotatable bonds is 2. The molecule has 0 aliphatic carbocycles. The summed E-state index contributed by atoms with van der Waals surface area (Å²) < 4.78 is 0. The SMILES string of the molecule is CC(C)C1CN(C)CCC1(O)c1ccc(Cl)cc1. The maximum absolute atomic E-state index is 11.1. The summed E-state index contributed by atoms with van der Waals surface area (Å²) in [5, 5.41) is 11.8. The van der Waals surface area contributed by atoms with Crippen molar-refractivity contribution in [3.8, 4) is 0 Å². The van der Waals surface area contributed by atoms with E-state index in [1.54, 1.807) is 0 Å². The lowest BCUT2D eigenvalue weighted by Gasteiger charge is -2.46. The van der Waals surface area contributed by atoms with Crippen LogP contribution in [0.3, 0.4) is 0 Å². The lowest BCUT2D eigenvalue weighted by Crippen LogP contribution is -2.50. The van der Waals surface area contributed by atoms with E-state index in [9.17, 15) is 5.11 Å². The van der Waals surface area contributed by atoms with Crippen LogP contribution in [0, 0.1) is 11.8 Å². The zero-order chi connectivity index (χ0) is 13.3. The molecule has 1 fully saturated rings. The molecule has 0 aromatic heterocycles. The van der Waals surface area contributed by atoms with Crippen molar-refractivity contribution in [3.05, 3.63) is 34.9 Å². The summed E-state index contributed by atoms with van der Waals surface area (Å²) in [5.41, 5.74) is 0.282. The van der Waals surface area contributed by atoms with Crippen molar-refractivity contribution >= 4 is 11.6 Å². The highest BCUT2D eigenvalue weighted by molar-refractivity contribution is 6.30. The van der Waals surface area contributed by atoms with E-state index in [4.69, 9.17) is 11.6 Å². The first-order chi connectivity index (χ1) is 8.43. The molecule has 2 unspecified atom stereocenters. The average molecular weight is 268 g/mol. The molecule has 1 aliphatic heterocycles. The molecule has 2 rings (SSSR count). The van der Waals surface area contributed by atoms with Crippen molar-refractivity contribution in [2.75, 3.05) is 20.1 Å². The molecule has 0 saturated carbocycles. The van der Waals surface area contributed by atoms with E-state index in [0.29, 0.717) is 5.92 Å². The van der Waals surface area contributed by atoms with E-state index in [1.165, 1.54) is 0 Å². The van der Waals surface area contributed by atoms with Gasteiger partial charge in [0.25, 0.3) is 0 Å². The van der Waals surface area contributed by atoms with Crippen LogP contribution in [0.15, 0.2) is 24.3 Å². The van der Waals surface area contributed by atoms with Crippen LogP contribution >= 0.6 is 11.6 Å². The van der Waals surface area contributed by atoms with E-state index in [2.05, 4.69) is 25.8 Å². The fourth-order valence-corrected chi connectivity index (χ4v) is 3.11. The zero-order valence-electron chi connectivity index (χ0n) is 11.4. The second-order valence-electron chi connectivity index (χ2n) is 5.79. The van der Waals surface area contributed by atoms with Crippen LogP contribution in [-0.2, 0) is 5.60 Å². The Kier molecular flexibility index (Phi) is 4.00. The third kappa shape index (κ3) is 2.56. The van der Waals surface area contributed by atoms with Gasteiger partial charge in [0.15, 0.2) is 0 Å². The number of piperidine rings is 1. The highest BCUT2D eigenvalue weighted by Crippen LogP contribution is 2.41. The molecule has 3 heteroatoms. The van der Waals surface area contributed by atoms with Crippen LogP contribution in [0.2, 0.25) is 5.02 Å². The second kappa shape index (κ2) is 5.20. The van der Waals surface area contributed by atoms with Crippen molar-refractivity contribution < 1.29 is 5.11 Å². The topological polar surface area (TPSA) is 23.5 Å². The van der Waals surface area contributed by atoms with Crippen LogP contribution in [0.5, 0.6) is 0 Å². The average Bonchev–Trinajstić information content (AvgIpc) is 2.33. The van der Waals surface area contributed by atoms with Crippen molar-refractivity contribution in [2.24, 2.45) is 11.8 Å². The summed E-state index contributed by atoms with van der Waals surface area (Å²) in [4.78, 5) is 2.30. The first-order valence-corrected chi connectivity index (χ1v) is 6.98. The predicted octanol–water partition coefficient (Wildman–Crippen LogP) is 3.14.